The SMILES string of the molecule is CC1CN(C(=O)CCCSc2nnc(-c3ccccc3)n2-c2ccccc2)CCN1C(=O)C=Cc1ccccc1. The minimum Gasteiger partial charge on any atom is -0.339 e. The quantitative estimate of drug-likeness (QED) is 0.154. The first kappa shape index (κ1) is 27.4. The molecule has 2 heterocycles. The van der Waals surface area contributed by atoms with Gasteiger partial charge in [-0.15, -0.1) is 10.2 Å². The van der Waals surface area contributed by atoms with E-state index in [4.69, 9.17) is 0 Å². The number of benzene rings is 3. The van der Waals surface area contributed by atoms with Gasteiger partial charge in [-0.05, 0) is 37.1 Å². The van der Waals surface area contributed by atoms with E-state index in [0.29, 0.717) is 26.1 Å². The number of carbonyl (C=O) groups is 2. The molecule has 1 aliphatic heterocycles. The molecule has 0 spiro atoms. The molecule has 4 aromatic rings. The van der Waals surface area contributed by atoms with Crippen molar-refractivity contribution >= 4 is 29.7 Å². The predicted molar refractivity (Wildman–Crippen MR) is 160 cm³/mol. The summed E-state index contributed by atoms with van der Waals surface area (Å²) in [5.41, 5.74) is 3.00. The van der Waals surface area contributed by atoms with Gasteiger partial charge in [0.2, 0.25) is 11.8 Å². The number of hydrogen-bond acceptors (Lipinski definition) is 5. The maximum Gasteiger partial charge on any atom is 0.246 e. The van der Waals surface area contributed by atoms with Gasteiger partial charge in [0.25, 0.3) is 0 Å². The minimum absolute atomic E-state index is 0.0164. The van der Waals surface area contributed by atoms with Crippen LogP contribution in [0.25, 0.3) is 23.2 Å². The highest BCUT2D eigenvalue weighted by atomic mass is 32.2. The van der Waals surface area contributed by atoms with Crippen LogP contribution in [0.4, 0.5) is 0 Å². The predicted octanol–water partition coefficient (Wildman–Crippen LogP) is 5.58. The largest absolute Gasteiger partial charge is 0.339 e. The van der Waals surface area contributed by atoms with Crippen LogP contribution < -0.4 is 0 Å². The van der Waals surface area contributed by atoms with Crippen LogP contribution in [0.1, 0.15) is 25.3 Å². The maximum atomic E-state index is 13.0. The van der Waals surface area contributed by atoms with E-state index in [1.165, 1.54) is 0 Å². The molecule has 3 aromatic carbocycles. The number of amides is 2. The molecule has 40 heavy (non-hydrogen) atoms. The monoisotopic (exact) mass is 551 g/mol. The Bertz CT molecular complexity index is 1440. The molecule has 0 bridgehead atoms. The van der Waals surface area contributed by atoms with Crippen molar-refractivity contribution in [3.63, 3.8) is 0 Å². The van der Waals surface area contributed by atoms with Gasteiger partial charge in [-0.3, -0.25) is 14.2 Å². The smallest absolute Gasteiger partial charge is 0.246 e. The minimum atomic E-state index is -0.0270. The van der Waals surface area contributed by atoms with Crippen molar-refractivity contribution in [1.29, 1.82) is 0 Å². The first-order valence-electron chi connectivity index (χ1n) is 13.6. The number of piperazine rings is 1. The van der Waals surface area contributed by atoms with Gasteiger partial charge >= 0.3 is 0 Å². The second-order valence-electron chi connectivity index (χ2n) is 9.76. The third-order valence-electron chi connectivity index (χ3n) is 6.93. The molecule has 7 nitrogen and oxygen atoms in total. The molecule has 0 aliphatic carbocycles. The van der Waals surface area contributed by atoms with E-state index in [2.05, 4.69) is 14.8 Å². The summed E-state index contributed by atoms with van der Waals surface area (Å²) in [6, 6.07) is 29.9. The highest BCUT2D eigenvalue weighted by molar-refractivity contribution is 7.99. The van der Waals surface area contributed by atoms with Crippen LogP contribution >= 0.6 is 11.8 Å². The summed E-state index contributed by atoms with van der Waals surface area (Å²) in [5, 5.41) is 9.78. The zero-order chi connectivity index (χ0) is 27.7. The molecule has 1 aromatic heterocycles. The normalized spacial score (nSPS) is 15.5. The lowest BCUT2D eigenvalue weighted by Crippen LogP contribution is -2.55. The van der Waals surface area contributed by atoms with E-state index in [1.54, 1.807) is 17.8 Å². The Hall–Kier alpha value is -4.17. The average Bonchev–Trinajstić information content (AvgIpc) is 3.43. The molecule has 0 N–H and O–H groups in total. The van der Waals surface area contributed by atoms with Crippen LogP contribution in [0.15, 0.2) is 102 Å². The molecule has 2 amide bonds. The first-order valence-corrected chi connectivity index (χ1v) is 14.6. The molecular weight excluding hydrogens is 518 g/mol. The Morgan fingerprint density at radius 1 is 0.900 bits per heavy atom. The van der Waals surface area contributed by atoms with E-state index in [0.717, 1.165) is 40.0 Å². The van der Waals surface area contributed by atoms with E-state index in [9.17, 15) is 9.59 Å². The second kappa shape index (κ2) is 13.3. The highest BCUT2D eigenvalue weighted by Gasteiger charge is 2.28. The maximum absolute atomic E-state index is 13.0. The van der Waals surface area contributed by atoms with Crippen molar-refractivity contribution in [2.45, 2.75) is 31.0 Å². The standard InChI is InChI=1S/C32H33N5O2S/c1-25-24-35(21-22-36(25)30(39)20-19-26-12-5-2-6-13-26)29(38)18-11-23-40-32-34-33-31(27-14-7-3-8-15-27)37(32)28-16-9-4-10-17-28/h2-10,12-17,19-20,25H,11,18,21-24H2,1H3. The summed E-state index contributed by atoms with van der Waals surface area (Å²) in [6.07, 6.45) is 4.66. The average molecular weight is 552 g/mol. The lowest BCUT2D eigenvalue weighted by atomic mass is 10.1. The van der Waals surface area contributed by atoms with Crippen LogP contribution in [0.5, 0.6) is 0 Å². The molecule has 1 saturated heterocycles. The van der Waals surface area contributed by atoms with Crippen LogP contribution in [0.2, 0.25) is 0 Å². The molecule has 5 rings (SSSR count). The molecule has 8 heteroatoms. The Kier molecular flexibility index (Phi) is 9.08. The van der Waals surface area contributed by atoms with Crippen molar-refractivity contribution in [2.24, 2.45) is 0 Å². The van der Waals surface area contributed by atoms with Gasteiger partial charge in [0, 0.05) is 55.2 Å². The number of aromatic nitrogens is 3. The van der Waals surface area contributed by atoms with E-state index in [-0.39, 0.29) is 17.9 Å². The van der Waals surface area contributed by atoms with Gasteiger partial charge in [0.05, 0.1) is 0 Å². The van der Waals surface area contributed by atoms with Crippen molar-refractivity contribution in [1.82, 2.24) is 24.6 Å². The van der Waals surface area contributed by atoms with Crippen LogP contribution in [0.3, 0.4) is 0 Å². The molecule has 0 saturated carbocycles. The lowest BCUT2D eigenvalue weighted by Gasteiger charge is -2.39. The van der Waals surface area contributed by atoms with Gasteiger partial charge in [-0.25, -0.2) is 0 Å². The number of para-hydroxylation sites is 1. The Labute approximate surface area is 239 Å². The number of rotatable bonds is 9. The Morgan fingerprint density at radius 3 is 2.27 bits per heavy atom. The fourth-order valence-electron chi connectivity index (χ4n) is 4.83. The summed E-state index contributed by atoms with van der Waals surface area (Å²) in [5.74, 6) is 1.67. The van der Waals surface area contributed by atoms with Gasteiger partial charge in [-0.2, -0.15) is 0 Å². The van der Waals surface area contributed by atoms with Gasteiger partial charge in [-0.1, -0.05) is 90.6 Å². The van der Waals surface area contributed by atoms with Gasteiger partial charge in [0.1, 0.15) is 0 Å². The summed E-state index contributed by atoms with van der Waals surface area (Å²) in [7, 11) is 0. The number of thioether (sulfide) groups is 1. The van der Waals surface area contributed by atoms with Crippen LogP contribution in [-0.4, -0.2) is 67.8 Å². The number of hydrogen-bond donors (Lipinski definition) is 0. The summed E-state index contributed by atoms with van der Waals surface area (Å²) < 4.78 is 2.08. The third-order valence-corrected chi connectivity index (χ3v) is 7.94. The first-order chi connectivity index (χ1) is 19.6. The van der Waals surface area contributed by atoms with Crippen LogP contribution in [-0.2, 0) is 9.59 Å². The zero-order valence-corrected chi connectivity index (χ0v) is 23.4. The molecule has 1 aliphatic rings. The fraction of sp³-hybridized carbons (Fsp3) is 0.250. The Balaban J connectivity index is 1.13. The van der Waals surface area contributed by atoms with E-state index in [1.807, 2.05) is 114 Å². The molecule has 1 fully saturated rings. The Morgan fingerprint density at radius 2 is 1.57 bits per heavy atom. The third kappa shape index (κ3) is 6.69. The topological polar surface area (TPSA) is 71.3 Å². The second-order valence-corrected chi connectivity index (χ2v) is 10.8. The zero-order valence-electron chi connectivity index (χ0n) is 22.6. The molecular formula is C32H33N5O2S. The van der Waals surface area contributed by atoms with E-state index < -0.39 is 0 Å². The summed E-state index contributed by atoms with van der Waals surface area (Å²) >= 11 is 1.61. The van der Waals surface area contributed by atoms with Crippen molar-refractivity contribution in [3.8, 4) is 17.1 Å². The van der Waals surface area contributed by atoms with Crippen LogP contribution in [0, 0.1) is 0 Å². The number of nitrogens with zero attached hydrogens (tertiary/aromatic N) is 5. The van der Waals surface area contributed by atoms with Gasteiger partial charge < -0.3 is 9.80 Å². The summed E-state index contributed by atoms with van der Waals surface area (Å²) in [4.78, 5) is 29.5. The lowest BCUT2D eigenvalue weighted by molar-refractivity contribution is -0.139. The molecule has 1 unspecified atom stereocenters. The van der Waals surface area contributed by atoms with Crippen molar-refractivity contribution < 1.29 is 9.59 Å². The van der Waals surface area contributed by atoms with E-state index >= 15 is 0 Å². The highest BCUT2D eigenvalue weighted by Crippen LogP contribution is 2.28. The van der Waals surface area contributed by atoms with Crippen molar-refractivity contribution in [3.05, 3.63) is 103 Å². The summed E-state index contributed by atoms with van der Waals surface area (Å²) in [6.45, 7) is 3.66. The number of carbonyl (C=O) groups excluding carboxylic acids is 2. The van der Waals surface area contributed by atoms with Crippen molar-refractivity contribution in [2.75, 3.05) is 25.4 Å². The molecule has 0 radical (unpaired) electrons. The van der Waals surface area contributed by atoms with Gasteiger partial charge in [0.15, 0.2) is 11.0 Å². The fourth-order valence-corrected chi connectivity index (χ4v) is 5.72. The molecule has 204 valence electrons. The molecule has 1 atom stereocenters.